The van der Waals surface area contributed by atoms with E-state index < -0.39 is 0 Å². The van der Waals surface area contributed by atoms with Crippen molar-refractivity contribution in [1.29, 1.82) is 0 Å². The highest BCUT2D eigenvalue weighted by atomic mass is 16.3. The van der Waals surface area contributed by atoms with Gasteiger partial charge < -0.3 is 10.0 Å². The van der Waals surface area contributed by atoms with Gasteiger partial charge in [0.25, 0.3) is 0 Å². The minimum atomic E-state index is 0.333. The van der Waals surface area contributed by atoms with Gasteiger partial charge in [0.15, 0.2) is 0 Å². The van der Waals surface area contributed by atoms with Crippen molar-refractivity contribution in [2.45, 2.75) is 52.0 Å². The minimum Gasteiger partial charge on any atom is -0.396 e. The summed E-state index contributed by atoms with van der Waals surface area (Å²) in [5.41, 5.74) is 0. The molecule has 0 saturated carbocycles. The largest absolute Gasteiger partial charge is 0.396 e. The Morgan fingerprint density at radius 1 is 1.07 bits per heavy atom. The van der Waals surface area contributed by atoms with Gasteiger partial charge in [-0.1, -0.05) is 26.7 Å². The quantitative estimate of drug-likeness (QED) is 0.751. The van der Waals surface area contributed by atoms with Crippen LogP contribution in [0.5, 0.6) is 0 Å². The van der Waals surface area contributed by atoms with Crippen LogP contribution in [-0.4, -0.2) is 35.7 Å². The standard InChI is InChI=1S/C12H25NO/c1-11(2)12(7-10-14)13-8-5-3-4-6-9-13/h11-12,14H,3-10H2,1-2H3. The molecule has 1 aliphatic rings. The van der Waals surface area contributed by atoms with E-state index in [0.29, 0.717) is 18.6 Å². The molecule has 2 heteroatoms. The Hall–Kier alpha value is -0.0800. The molecule has 14 heavy (non-hydrogen) atoms. The number of rotatable bonds is 4. The summed E-state index contributed by atoms with van der Waals surface area (Å²) in [5, 5.41) is 9.06. The van der Waals surface area contributed by atoms with E-state index in [9.17, 15) is 0 Å². The van der Waals surface area contributed by atoms with Crippen molar-refractivity contribution in [3.63, 3.8) is 0 Å². The Balaban J connectivity index is 2.46. The molecule has 0 aliphatic carbocycles. The Kier molecular flexibility index (Phi) is 5.49. The lowest BCUT2D eigenvalue weighted by molar-refractivity contribution is 0.126. The van der Waals surface area contributed by atoms with E-state index in [1.54, 1.807) is 0 Å². The van der Waals surface area contributed by atoms with Gasteiger partial charge >= 0.3 is 0 Å². The molecule has 84 valence electrons. The third kappa shape index (κ3) is 3.58. The molecule has 0 bridgehead atoms. The average Bonchev–Trinajstić information content (AvgIpc) is 2.41. The van der Waals surface area contributed by atoms with Crippen molar-refractivity contribution in [1.82, 2.24) is 4.90 Å². The number of hydrogen-bond donors (Lipinski definition) is 1. The predicted molar refractivity (Wildman–Crippen MR) is 60.4 cm³/mol. The summed E-state index contributed by atoms with van der Waals surface area (Å²) in [4.78, 5) is 2.59. The maximum Gasteiger partial charge on any atom is 0.0446 e. The summed E-state index contributed by atoms with van der Waals surface area (Å²) in [5.74, 6) is 0.667. The van der Waals surface area contributed by atoms with Crippen LogP contribution in [0.3, 0.4) is 0 Å². The highest BCUT2D eigenvalue weighted by molar-refractivity contribution is 4.76. The van der Waals surface area contributed by atoms with Crippen LogP contribution < -0.4 is 0 Å². The van der Waals surface area contributed by atoms with Crippen LogP contribution in [0.15, 0.2) is 0 Å². The maximum atomic E-state index is 9.06. The Labute approximate surface area is 88.3 Å². The normalized spacial score (nSPS) is 22.3. The molecule has 0 aromatic carbocycles. The zero-order valence-electron chi connectivity index (χ0n) is 9.71. The van der Waals surface area contributed by atoms with Gasteiger partial charge in [0, 0.05) is 12.6 Å². The van der Waals surface area contributed by atoms with Gasteiger partial charge in [0.1, 0.15) is 0 Å². The lowest BCUT2D eigenvalue weighted by atomic mass is 9.99. The molecule has 1 aliphatic heterocycles. The molecule has 0 aromatic heterocycles. The van der Waals surface area contributed by atoms with Crippen molar-refractivity contribution in [2.24, 2.45) is 5.92 Å². The second-order valence-corrected chi connectivity index (χ2v) is 4.77. The van der Waals surface area contributed by atoms with Crippen LogP contribution in [0.4, 0.5) is 0 Å². The summed E-state index contributed by atoms with van der Waals surface area (Å²) < 4.78 is 0. The lowest BCUT2D eigenvalue weighted by Crippen LogP contribution is -2.40. The monoisotopic (exact) mass is 199 g/mol. The molecule has 1 heterocycles. The fourth-order valence-electron chi connectivity index (χ4n) is 2.50. The molecule has 0 amide bonds. The van der Waals surface area contributed by atoms with Crippen LogP contribution in [0.2, 0.25) is 0 Å². The molecule has 2 nitrogen and oxygen atoms in total. The van der Waals surface area contributed by atoms with E-state index in [0.717, 1.165) is 6.42 Å². The van der Waals surface area contributed by atoms with Gasteiger partial charge in [-0.25, -0.2) is 0 Å². The average molecular weight is 199 g/mol. The van der Waals surface area contributed by atoms with Crippen molar-refractivity contribution < 1.29 is 5.11 Å². The minimum absolute atomic E-state index is 0.333. The van der Waals surface area contributed by atoms with Crippen LogP contribution in [0.1, 0.15) is 46.0 Å². The van der Waals surface area contributed by atoms with Crippen LogP contribution in [0, 0.1) is 5.92 Å². The van der Waals surface area contributed by atoms with Crippen molar-refractivity contribution in [3.8, 4) is 0 Å². The Morgan fingerprint density at radius 2 is 1.64 bits per heavy atom. The molecule has 1 unspecified atom stereocenters. The fraction of sp³-hybridized carbons (Fsp3) is 1.00. The molecule has 1 fully saturated rings. The van der Waals surface area contributed by atoms with E-state index in [1.165, 1.54) is 38.8 Å². The fourth-order valence-corrected chi connectivity index (χ4v) is 2.50. The molecule has 1 atom stereocenters. The van der Waals surface area contributed by atoms with Gasteiger partial charge in [0.05, 0.1) is 0 Å². The van der Waals surface area contributed by atoms with Gasteiger partial charge in [0.2, 0.25) is 0 Å². The summed E-state index contributed by atoms with van der Waals surface area (Å²) >= 11 is 0. The van der Waals surface area contributed by atoms with Gasteiger partial charge in [-0.15, -0.1) is 0 Å². The van der Waals surface area contributed by atoms with Gasteiger partial charge in [-0.2, -0.15) is 0 Å². The molecule has 1 N–H and O–H groups in total. The van der Waals surface area contributed by atoms with Crippen molar-refractivity contribution in [2.75, 3.05) is 19.7 Å². The van der Waals surface area contributed by atoms with Crippen molar-refractivity contribution >= 4 is 0 Å². The summed E-state index contributed by atoms with van der Waals surface area (Å²) in [6.07, 6.45) is 6.40. The number of nitrogens with zero attached hydrogens (tertiary/aromatic N) is 1. The first-order valence-corrected chi connectivity index (χ1v) is 6.10. The summed E-state index contributed by atoms with van der Waals surface area (Å²) in [6, 6.07) is 0.595. The molecular weight excluding hydrogens is 174 g/mol. The zero-order chi connectivity index (χ0) is 10.4. The Bertz CT molecular complexity index is 139. The van der Waals surface area contributed by atoms with E-state index >= 15 is 0 Å². The highest BCUT2D eigenvalue weighted by Crippen LogP contribution is 2.19. The van der Waals surface area contributed by atoms with E-state index in [1.807, 2.05) is 0 Å². The second-order valence-electron chi connectivity index (χ2n) is 4.77. The molecule has 0 spiro atoms. The SMILES string of the molecule is CC(C)C(CCO)N1CCCCCC1. The third-order valence-electron chi connectivity index (χ3n) is 3.30. The molecule has 1 rings (SSSR count). The topological polar surface area (TPSA) is 23.5 Å². The van der Waals surface area contributed by atoms with Crippen LogP contribution in [0.25, 0.3) is 0 Å². The Morgan fingerprint density at radius 3 is 2.07 bits per heavy atom. The molecule has 0 radical (unpaired) electrons. The predicted octanol–water partition coefficient (Wildman–Crippen LogP) is 2.27. The first-order valence-electron chi connectivity index (χ1n) is 6.10. The lowest BCUT2D eigenvalue weighted by Gasteiger charge is -2.33. The van der Waals surface area contributed by atoms with E-state index in [2.05, 4.69) is 18.7 Å². The van der Waals surface area contributed by atoms with E-state index in [4.69, 9.17) is 5.11 Å². The van der Waals surface area contributed by atoms with Gasteiger partial charge in [-0.3, -0.25) is 0 Å². The summed E-state index contributed by atoms with van der Waals surface area (Å²) in [6.45, 7) is 7.35. The van der Waals surface area contributed by atoms with Crippen LogP contribution >= 0.6 is 0 Å². The van der Waals surface area contributed by atoms with E-state index in [-0.39, 0.29) is 0 Å². The van der Waals surface area contributed by atoms with Gasteiger partial charge in [-0.05, 0) is 38.3 Å². The molecule has 1 saturated heterocycles. The smallest absolute Gasteiger partial charge is 0.0446 e. The first kappa shape index (κ1) is 12.0. The zero-order valence-corrected chi connectivity index (χ0v) is 9.71. The summed E-state index contributed by atoms with van der Waals surface area (Å²) in [7, 11) is 0. The number of likely N-dealkylation sites (tertiary alicyclic amines) is 1. The number of aliphatic hydroxyl groups excluding tert-OH is 1. The highest BCUT2D eigenvalue weighted by Gasteiger charge is 2.21. The third-order valence-corrected chi connectivity index (χ3v) is 3.30. The van der Waals surface area contributed by atoms with Crippen molar-refractivity contribution in [3.05, 3.63) is 0 Å². The van der Waals surface area contributed by atoms with Crippen LogP contribution in [-0.2, 0) is 0 Å². The maximum absolute atomic E-state index is 9.06. The molecular formula is C12H25NO. The molecule has 0 aromatic rings. The number of aliphatic hydroxyl groups is 1. The second kappa shape index (κ2) is 6.41. The first-order chi connectivity index (χ1) is 6.75. The number of hydrogen-bond acceptors (Lipinski definition) is 2.